The molecule has 4 aromatic rings. The number of alkyl halides is 3. The summed E-state index contributed by atoms with van der Waals surface area (Å²) < 4.78 is 40.1. The van der Waals surface area contributed by atoms with Crippen LogP contribution < -0.4 is 11.1 Å². The number of anilines is 2. The fourth-order valence-electron chi connectivity index (χ4n) is 3.12. The van der Waals surface area contributed by atoms with Crippen molar-refractivity contribution in [3.05, 3.63) is 95.0 Å². The number of carbonyl (C=O) groups excluding carboxylic acids is 1. The lowest BCUT2D eigenvalue weighted by Crippen LogP contribution is -2.13. The molecule has 3 aromatic carbocycles. The maximum atomic E-state index is 12.9. The summed E-state index contributed by atoms with van der Waals surface area (Å²) in [5, 5.41) is 7.54. The first-order valence-electron chi connectivity index (χ1n) is 9.41. The number of nitrogens with two attached hydrogens (primary N) is 1. The molecule has 4 rings (SSSR count). The van der Waals surface area contributed by atoms with Crippen molar-refractivity contribution in [1.29, 1.82) is 0 Å². The van der Waals surface area contributed by atoms with Gasteiger partial charge in [0.15, 0.2) is 0 Å². The highest BCUT2D eigenvalue weighted by Gasteiger charge is 2.30. The van der Waals surface area contributed by atoms with Gasteiger partial charge in [0.1, 0.15) is 5.82 Å². The van der Waals surface area contributed by atoms with Crippen LogP contribution in [0, 0.1) is 0 Å². The monoisotopic (exact) mass is 456 g/mol. The zero-order valence-electron chi connectivity index (χ0n) is 16.4. The predicted octanol–water partition coefficient (Wildman–Crippen LogP) is 6.05. The molecule has 0 aliphatic rings. The minimum atomic E-state index is -4.49. The Hall–Kier alpha value is -3.78. The largest absolute Gasteiger partial charge is 0.416 e. The van der Waals surface area contributed by atoms with Gasteiger partial charge in [0.2, 0.25) is 0 Å². The maximum absolute atomic E-state index is 12.9. The van der Waals surface area contributed by atoms with Gasteiger partial charge >= 0.3 is 6.18 Å². The van der Waals surface area contributed by atoms with Gasteiger partial charge in [-0.05, 0) is 54.6 Å². The van der Waals surface area contributed by atoms with Crippen molar-refractivity contribution < 1.29 is 18.0 Å². The minimum absolute atomic E-state index is 0.0522. The molecule has 32 heavy (non-hydrogen) atoms. The highest BCUT2D eigenvalue weighted by atomic mass is 35.5. The number of nitrogens with one attached hydrogen (secondary N) is 1. The van der Waals surface area contributed by atoms with Crippen molar-refractivity contribution in [3.8, 4) is 16.9 Å². The lowest BCUT2D eigenvalue weighted by molar-refractivity contribution is -0.137. The number of hydrogen-bond acceptors (Lipinski definition) is 3. The summed E-state index contributed by atoms with van der Waals surface area (Å²) in [4.78, 5) is 12.5. The van der Waals surface area contributed by atoms with Gasteiger partial charge in [0, 0.05) is 27.9 Å². The molecule has 1 aromatic heterocycles. The smallest absolute Gasteiger partial charge is 0.384 e. The molecule has 0 aliphatic heterocycles. The third-order valence-corrected chi connectivity index (χ3v) is 4.91. The molecule has 9 heteroatoms. The summed E-state index contributed by atoms with van der Waals surface area (Å²) in [6.07, 6.45) is -4.49. The number of carbonyl (C=O) groups is 1. The van der Waals surface area contributed by atoms with E-state index >= 15 is 0 Å². The molecule has 5 nitrogen and oxygen atoms in total. The van der Waals surface area contributed by atoms with Crippen LogP contribution in [-0.4, -0.2) is 15.7 Å². The van der Waals surface area contributed by atoms with Crippen LogP contribution in [-0.2, 0) is 6.18 Å². The summed E-state index contributed by atoms with van der Waals surface area (Å²) in [5.41, 5.74) is 7.64. The topological polar surface area (TPSA) is 72.9 Å². The molecule has 1 amide bonds. The Morgan fingerprint density at radius 2 is 1.69 bits per heavy atom. The van der Waals surface area contributed by atoms with Crippen LogP contribution >= 0.6 is 11.6 Å². The number of halogens is 4. The van der Waals surface area contributed by atoms with E-state index in [9.17, 15) is 18.0 Å². The van der Waals surface area contributed by atoms with Crippen molar-refractivity contribution in [2.24, 2.45) is 0 Å². The van der Waals surface area contributed by atoms with Gasteiger partial charge < -0.3 is 11.1 Å². The Morgan fingerprint density at radius 3 is 2.38 bits per heavy atom. The summed E-state index contributed by atoms with van der Waals surface area (Å²) in [5.74, 6) is -0.148. The summed E-state index contributed by atoms with van der Waals surface area (Å²) in [6, 6.07) is 19.7. The van der Waals surface area contributed by atoms with Gasteiger partial charge in [-0.15, -0.1) is 0 Å². The van der Waals surface area contributed by atoms with Crippen LogP contribution in [0.15, 0.2) is 78.9 Å². The molecule has 0 radical (unpaired) electrons. The van der Waals surface area contributed by atoms with Crippen LogP contribution in [0.2, 0.25) is 5.02 Å². The molecular weight excluding hydrogens is 441 g/mol. The first-order chi connectivity index (χ1) is 15.2. The second-order valence-electron chi connectivity index (χ2n) is 6.96. The summed E-state index contributed by atoms with van der Waals surface area (Å²) in [6.45, 7) is 0. The van der Waals surface area contributed by atoms with Gasteiger partial charge in [-0.2, -0.15) is 18.3 Å². The number of nitrogen functional groups attached to an aromatic ring is 1. The zero-order chi connectivity index (χ0) is 22.9. The lowest BCUT2D eigenvalue weighted by atomic mass is 10.1. The van der Waals surface area contributed by atoms with Crippen LogP contribution in [0.3, 0.4) is 0 Å². The van der Waals surface area contributed by atoms with E-state index in [0.29, 0.717) is 22.2 Å². The lowest BCUT2D eigenvalue weighted by Gasteiger charge is -2.10. The normalized spacial score (nSPS) is 11.4. The quantitative estimate of drug-likeness (QED) is 0.393. The van der Waals surface area contributed by atoms with Gasteiger partial charge in [0.25, 0.3) is 5.91 Å². The molecule has 0 bridgehead atoms. The summed E-state index contributed by atoms with van der Waals surface area (Å²) >= 11 is 6.03. The fraction of sp³-hybridized carbons (Fsp3) is 0.0435. The molecule has 0 saturated heterocycles. The number of amides is 1. The first kappa shape index (κ1) is 21.5. The van der Waals surface area contributed by atoms with E-state index in [1.165, 1.54) is 16.8 Å². The number of benzene rings is 3. The molecule has 1 heterocycles. The second-order valence-corrected chi connectivity index (χ2v) is 7.39. The molecule has 162 valence electrons. The Balaban J connectivity index is 1.53. The molecule has 0 aliphatic carbocycles. The number of hydrogen-bond donors (Lipinski definition) is 2. The Morgan fingerprint density at radius 1 is 0.969 bits per heavy atom. The molecule has 0 fully saturated rings. The Labute approximate surface area is 186 Å². The third-order valence-electron chi connectivity index (χ3n) is 4.68. The van der Waals surface area contributed by atoms with E-state index < -0.39 is 17.6 Å². The molecule has 3 N–H and O–H groups in total. The molecule has 0 unspecified atom stereocenters. The van der Waals surface area contributed by atoms with E-state index in [0.717, 1.165) is 17.7 Å². The molecule has 0 saturated carbocycles. The first-order valence-corrected chi connectivity index (χ1v) is 9.79. The second kappa shape index (κ2) is 8.39. The average molecular weight is 457 g/mol. The zero-order valence-corrected chi connectivity index (χ0v) is 17.2. The third kappa shape index (κ3) is 4.60. The average Bonchev–Trinajstić information content (AvgIpc) is 3.15. The van der Waals surface area contributed by atoms with Crippen LogP contribution in [0.1, 0.15) is 15.9 Å². The van der Waals surface area contributed by atoms with E-state index in [1.807, 2.05) is 12.1 Å². The summed E-state index contributed by atoms with van der Waals surface area (Å²) in [7, 11) is 0. The molecule has 0 spiro atoms. The SMILES string of the molecule is Nc1cc(-c2cccc(Cl)c2)nn1-c1ccc(C(=O)Nc2cccc(C(F)(F)F)c2)cc1. The van der Waals surface area contributed by atoms with E-state index in [2.05, 4.69) is 10.4 Å². The van der Waals surface area contributed by atoms with Crippen LogP contribution in [0.25, 0.3) is 16.9 Å². The van der Waals surface area contributed by atoms with Gasteiger partial charge in [-0.1, -0.05) is 29.8 Å². The fourth-order valence-corrected chi connectivity index (χ4v) is 3.31. The van der Waals surface area contributed by atoms with Crippen molar-refractivity contribution in [3.63, 3.8) is 0 Å². The number of aromatic nitrogens is 2. The van der Waals surface area contributed by atoms with Crippen molar-refractivity contribution in [2.75, 3.05) is 11.1 Å². The predicted molar refractivity (Wildman–Crippen MR) is 118 cm³/mol. The molecule has 0 atom stereocenters. The minimum Gasteiger partial charge on any atom is -0.384 e. The Kier molecular flexibility index (Phi) is 5.63. The highest BCUT2D eigenvalue weighted by molar-refractivity contribution is 6.30. The maximum Gasteiger partial charge on any atom is 0.416 e. The molecular formula is C23H16ClF3N4O. The number of nitrogens with zero attached hydrogens (tertiary/aromatic N) is 2. The van der Waals surface area contributed by atoms with Gasteiger partial charge in [-0.3, -0.25) is 4.79 Å². The van der Waals surface area contributed by atoms with Crippen molar-refractivity contribution in [1.82, 2.24) is 9.78 Å². The van der Waals surface area contributed by atoms with Crippen LogP contribution in [0.5, 0.6) is 0 Å². The standard InChI is InChI=1S/C23H16ClF3N4O/c24-17-5-1-3-15(11-17)20-13-21(28)31(30-20)19-9-7-14(8-10-19)22(32)29-18-6-2-4-16(12-18)23(25,26)27/h1-13H,28H2,(H,29,32). The van der Waals surface area contributed by atoms with Crippen LogP contribution in [0.4, 0.5) is 24.7 Å². The van der Waals surface area contributed by atoms with Crippen molar-refractivity contribution >= 4 is 29.0 Å². The Bertz CT molecular complexity index is 1280. The van der Waals surface area contributed by atoms with Crippen molar-refractivity contribution in [2.45, 2.75) is 6.18 Å². The highest BCUT2D eigenvalue weighted by Crippen LogP contribution is 2.31. The van der Waals surface area contributed by atoms with Gasteiger partial charge in [0.05, 0.1) is 16.9 Å². The van der Waals surface area contributed by atoms with E-state index in [-0.39, 0.29) is 11.3 Å². The number of rotatable bonds is 4. The van der Waals surface area contributed by atoms with E-state index in [4.69, 9.17) is 17.3 Å². The van der Waals surface area contributed by atoms with Gasteiger partial charge in [-0.25, -0.2) is 4.68 Å². The van der Waals surface area contributed by atoms with E-state index in [1.54, 1.807) is 42.5 Å².